The molecule has 6 heteroatoms. The van der Waals surface area contributed by atoms with E-state index in [4.69, 9.17) is 0 Å². The number of fused-ring (bicyclic) bond motifs is 1. The average molecular weight is 393 g/mol. The van der Waals surface area contributed by atoms with Crippen LogP contribution in [0.15, 0.2) is 28.7 Å². The van der Waals surface area contributed by atoms with E-state index >= 15 is 0 Å². The zero-order valence-electron chi connectivity index (χ0n) is 13.4. The molecule has 3 fully saturated rings. The van der Waals surface area contributed by atoms with Gasteiger partial charge in [-0.3, -0.25) is 9.59 Å². The van der Waals surface area contributed by atoms with E-state index in [0.717, 1.165) is 29.3 Å². The lowest BCUT2D eigenvalue weighted by atomic mass is 9.73. The van der Waals surface area contributed by atoms with Crippen molar-refractivity contribution in [3.8, 4) is 0 Å². The van der Waals surface area contributed by atoms with Crippen molar-refractivity contribution in [2.45, 2.75) is 37.3 Å². The standard InChI is InChI=1S/C18H21BrN2O3/c19-13-6-4-11(5-7-13)17-14-8-20(18(24)12-2-1-3-12)9-16(23)21(14)15(17)10-22/h4-7,12,14-15,17,22H,1-3,8-10H2/t14-,15-,17+/m1/s1. The third-order valence-electron chi connectivity index (χ3n) is 5.77. The molecule has 2 amide bonds. The summed E-state index contributed by atoms with van der Waals surface area (Å²) >= 11 is 3.44. The number of aliphatic hydroxyl groups excluding tert-OH is 1. The number of piperazine rings is 1. The van der Waals surface area contributed by atoms with Crippen LogP contribution in [0.3, 0.4) is 0 Å². The van der Waals surface area contributed by atoms with E-state index in [9.17, 15) is 14.7 Å². The van der Waals surface area contributed by atoms with Crippen LogP contribution in [-0.2, 0) is 9.59 Å². The molecule has 0 aromatic heterocycles. The molecule has 1 aromatic carbocycles. The number of carbonyl (C=O) groups excluding carboxylic acids is 2. The number of rotatable bonds is 3. The van der Waals surface area contributed by atoms with Crippen molar-refractivity contribution in [1.29, 1.82) is 0 Å². The number of nitrogens with zero attached hydrogens (tertiary/aromatic N) is 2. The predicted octanol–water partition coefficient (Wildman–Crippen LogP) is 1.75. The SMILES string of the molecule is O=C(C1CCC1)N1CC(=O)N2[C@H](CO)[C@@H](c3ccc(Br)cc3)[C@H]2C1. The summed E-state index contributed by atoms with van der Waals surface area (Å²) in [6.07, 6.45) is 3.02. The van der Waals surface area contributed by atoms with Gasteiger partial charge in [-0.05, 0) is 30.5 Å². The van der Waals surface area contributed by atoms with Crippen molar-refractivity contribution in [2.24, 2.45) is 5.92 Å². The molecule has 1 aliphatic carbocycles. The summed E-state index contributed by atoms with van der Waals surface area (Å²) in [7, 11) is 0. The second-order valence-electron chi connectivity index (χ2n) is 7.04. The molecule has 2 saturated heterocycles. The van der Waals surface area contributed by atoms with Crippen LogP contribution in [0.4, 0.5) is 0 Å². The van der Waals surface area contributed by atoms with E-state index in [1.807, 2.05) is 24.3 Å². The molecule has 5 nitrogen and oxygen atoms in total. The normalized spacial score (nSPS) is 29.8. The third kappa shape index (κ3) is 2.47. The Morgan fingerprint density at radius 3 is 2.54 bits per heavy atom. The number of amides is 2. The van der Waals surface area contributed by atoms with Crippen molar-refractivity contribution >= 4 is 27.7 Å². The van der Waals surface area contributed by atoms with Gasteiger partial charge in [-0.25, -0.2) is 0 Å². The molecule has 2 heterocycles. The molecule has 4 rings (SSSR count). The van der Waals surface area contributed by atoms with E-state index in [1.165, 1.54) is 0 Å². The van der Waals surface area contributed by atoms with Crippen molar-refractivity contribution in [3.05, 3.63) is 34.3 Å². The van der Waals surface area contributed by atoms with Gasteiger partial charge in [0.15, 0.2) is 0 Å². The van der Waals surface area contributed by atoms with E-state index in [1.54, 1.807) is 9.80 Å². The Kier molecular flexibility index (Phi) is 4.12. The Hall–Kier alpha value is -1.40. The highest BCUT2D eigenvalue weighted by Crippen LogP contribution is 2.43. The largest absolute Gasteiger partial charge is 0.394 e. The summed E-state index contributed by atoms with van der Waals surface area (Å²) in [5.41, 5.74) is 1.12. The summed E-state index contributed by atoms with van der Waals surface area (Å²) in [5, 5.41) is 9.76. The predicted molar refractivity (Wildman–Crippen MR) is 92.3 cm³/mol. The lowest BCUT2D eigenvalue weighted by Gasteiger charge is -2.59. The molecule has 1 saturated carbocycles. The van der Waals surface area contributed by atoms with Gasteiger partial charge >= 0.3 is 0 Å². The first-order valence-electron chi connectivity index (χ1n) is 8.56. The molecular weight excluding hydrogens is 372 g/mol. The minimum absolute atomic E-state index is 0.0198. The highest BCUT2D eigenvalue weighted by atomic mass is 79.9. The monoisotopic (exact) mass is 392 g/mol. The van der Waals surface area contributed by atoms with Crippen LogP contribution in [0.1, 0.15) is 30.7 Å². The summed E-state index contributed by atoms with van der Waals surface area (Å²) in [4.78, 5) is 28.6. The zero-order chi connectivity index (χ0) is 16.8. The average Bonchev–Trinajstić information content (AvgIpc) is 2.49. The molecule has 128 valence electrons. The van der Waals surface area contributed by atoms with Gasteiger partial charge in [0.25, 0.3) is 0 Å². The molecule has 0 bridgehead atoms. The Morgan fingerprint density at radius 1 is 1.25 bits per heavy atom. The van der Waals surface area contributed by atoms with E-state index in [-0.39, 0.29) is 48.9 Å². The summed E-state index contributed by atoms with van der Waals surface area (Å²) in [6, 6.07) is 7.83. The summed E-state index contributed by atoms with van der Waals surface area (Å²) < 4.78 is 1.00. The maximum Gasteiger partial charge on any atom is 0.242 e. The summed E-state index contributed by atoms with van der Waals surface area (Å²) in [6.45, 7) is 0.702. The first-order chi connectivity index (χ1) is 11.6. The van der Waals surface area contributed by atoms with Crippen molar-refractivity contribution in [2.75, 3.05) is 19.7 Å². The van der Waals surface area contributed by atoms with Gasteiger partial charge in [0.05, 0.1) is 25.2 Å². The highest BCUT2D eigenvalue weighted by molar-refractivity contribution is 9.10. The highest BCUT2D eigenvalue weighted by Gasteiger charge is 2.54. The first kappa shape index (κ1) is 16.1. The molecule has 1 aromatic rings. The Morgan fingerprint density at radius 2 is 1.96 bits per heavy atom. The van der Waals surface area contributed by atoms with Crippen LogP contribution in [0.5, 0.6) is 0 Å². The van der Waals surface area contributed by atoms with Gasteiger partial charge in [-0.1, -0.05) is 34.5 Å². The van der Waals surface area contributed by atoms with Crippen LogP contribution in [0, 0.1) is 5.92 Å². The van der Waals surface area contributed by atoms with Crippen molar-refractivity contribution in [3.63, 3.8) is 0 Å². The molecule has 1 N–H and O–H groups in total. The van der Waals surface area contributed by atoms with E-state index in [0.29, 0.717) is 6.54 Å². The van der Waals surface area contributed by atoms with E-state index < -0.39 is 0 Å². The van der Waals surface area contributed by atoms with E-state index in [2.05, 4.69) is 15.9 Å². The maximum atomic E-state index is 12.5. The number of hydrogen-bond acceptors (Lipinski definition) is 3. The van der Waals surface area contributed by atoms with Crippen LogP contribution in [0.25, 0.3) is 0 Å². The van der Waals surface area contributed by atoms with Gasteiger partial charge in [-0.2, -0.15) is 0 Å². The van der Waals surface area contributed by atoms with Gasteiger partial charge in [-0.15, -0.1) is 0 Å². The van der Waals surface area contributed by atoms with Crippen molar-refractivity contribution in [1.82, 2.24) is 9.80 Å². The van der Waals surface area contributed by atoms with Crippen molar-refractivity contribution < 1.29 is 14.7 Å². The topological polar surface area (TPSA) is 60.9 Å². The molecule has 0 spiro atoms. The van der Waals surface area contributed by atoms with Crippen LogP contribution in [-0.4, -0.2) is 58.5 Å². The maximum absolute atomic E-state index is 12.5. The molecule has 0 unspecified atom stereocenters. The van der Waals surface area contributed by atoms with Crippen LogP contribution in [0.2, 0.25) is 0 Å². The molecule has 3 atom stereocenters. The van der Waals surface area contributed by atoms with Gasteiger partial charge < -0.3 is 14.9 Å². The smallest absolute Gasteiger partial charge is 0.242 e. The Labute approximate surface area is 149 Å². The lowest BCUT2D eigenvalue weighted by Crippen LogP contribution is -2.73. The number of carbonyl (C=O) groups is 2. The van der Waals surface area contributed by atoms with Crippen LogP contribution >= 0.6 is 15.9 Å². The minimum Gasteiger partial charge on any atom is -0.394 e. The van der Waals surface area contributed by atoms with Gasteiger partial charge in [0, 0.05) is 22.9 Å². The fraction of sp³-hybridized carbons (Fsp3) is 0.556. The molecule has 0 radical (unpaired) electrons. The zero-order valence-corrected chi connectivity index (χ0v) is 15.0. The summed E-state index contributed by atoms with van der Waals surface area (Å²) in [5.74, 6) is 0.302. The van der Waals surface area contributed by atoms with Gasteiger partial charge in [0.2, 0.25) is 11.8 Å². The molecular formula is C18H21BrN2O3. The Balaban J connectivity index is 1.56. The number of benzene rings is 1. The number of hydrogen-bond donors (Lipinski definition) is 1. The molecule has 24 heavy (non-hydrogen) atoms. The second kappa shape index (κ2) is 6.15. The first-order valence-corrected chi connectivity index (χ1v) is 9.35. The van der Waals surface area contributed by atoms with Crippen LogP contribution < -0.4 is 0 Å². The lowest BCUT2D eigenvalue weighted by molar-refractivity contribution is -0.169. The quantitative estimate of drug-likeness (QED) is 0.851. The second-order valence-corrected chi connectivity index (χ2v) is 7.96. The molecule has 2 aliphatic heterocycles. The number of aliphatic hydroxyl groups is 1. The minimum atomic E-state index is -0.176. The Bertz CT molecular complexity index is 659. The number of halogens is 1. The third-order valence-corrected chi connectivity index (χ3v) is 6.30. The molecule has 3 aliphatic rings. The van der Waals surface area contributed by atoms with Gasteiger partial charge in [0.1, 0.15) is 0 Å². The fourth-order valence-corrected chi connectivity index (χ4v) is 4.53. The fourth-order valence-electron chi connectivity index (χ4n) is 4.27.